The third-order valence-electron chi connectivity index (χ3n) is 2.96. The Balaban J connectivity index is 2.29. The first-order valence-electron chi connectivity index (χ1n) is 5.62. The number of hydrogen-bond donors (Lipinski definition) is 0. The number of halogens is 1. The molecule has 0 unspecified atom stereocenters. The van der Waals surface area contributed by atoms with E-state index < -0.39 is 0 Å². The zero-order valence-electron chi connectivity index (χ0n) is 9.51. The van der Waals surface area contributed by atoms with Crippen molar-refractivity contribution in [1.82, 2.24) is 0 Å². The second kappa shape index (κ2) is 4.11. The molecule has 0 atom stereocenters. The van der Waals surface area contributed by atoms with Crippen LogP contribution in [0.3, 0.4) is 0 Å². The summed E-state index contributed by atoms with van der Waals surface area (Å²) >= 11 is 0. The van der Waals surface area contributed by atoms with Gasteiger partial charge in [0.05, 0.1) is 5.39 Å². The molecule has 0 saturated carbocycles. The van der Waals surface area contributed by atoms with Crippen LogP contribution < -0.4 is 4.73 Å². The van der Waals surface area contributed by atoms with Crippen LogP contribution in [0, 0.1) is 11.0 Å². The van der Waals surface area contributed by atoms with E-state index in [2.05, 4.69) is 0 Å². The zero-order chi connectivity index (χ0) is 12.5. The largest absolute Gasteiger partial charge is 0.618 e. The maximum Gasteiger partial charge on any atom is 0.224 e. The average Bonchev–Trinajstić information content (AvgIpc) is 2.40. The van der Waals surface area contributed by atoms with Gasteiger partial charge in [0.25, 0.3) is 0 Å². The van der Waals surface area contributed by atoms with Crippen molar-refractivity contribution in [2.24, 2.45) is 0 Å². The highest BCUT2D eigenvalue weighted by molar-refractivity contribution is 5.92. The molecule has 2 aromatic carbocycles. The predicted molar refractivity (Wildman–Crippen MR) is 68.3 cm³/mol. The summed E-state index contributed by atoms with van der Waals surface area (Å²) in [4.78, 5) is 0. The minimum atomic E-state index is -0.266. The normalized spacial score (nSPS) is 10.7. The molecule has 3 rings (SSSR count). The van der Waals surface area contributed by atoms with Gasteiger partial charge in [0.15, 0.2) is 6.20 Å². The molecule has 0 aliphatic heterocycles. The van der Waals surface area contributed by atoms with E-state index in [-0.39, 0.29) is 5.82 Å². The number of hydrogen-bond acceptors (Lipinski definition) is 1. The van der Waals surface area contributed by atoms with E-state index in [1.807, 2.05) is 18.2 Å². The molecule has 0 N–H and O–H groups in total. The summed E-state index contributed by atoms with van der Waals surface area (Å²) in [6, 6.07) is 15.4. The SMILES string of the molecule is [O-][n+]1cccc2c(-c3ccc(F)cc3)cccc21. The van der Waals surface area contributed by atoms with E-state index in [9.17, 15) is 9.60 Å². The molecular weight excluding hydrogens is 229 g/mol. The van der Waals surface area contributed by atoms with Crippen LogP contribution in [0.4, 0.5) is 4.39 Å². The fraction of sp³-hybridized carbons (Fsp3) is 0. The van der Waals surface area contributed by atoms with Gasteiger partial charge in [-0.2, -0.15) is 4.73 Å². The molecule has 0 bridgehead atoms. The van der Waals surface area contributed by atoms with Gasteiger partial charge in [-0.15, -0.1) is 0 Å². The fourth-order valence-electron chi connectivity index (χ4n) is 2.10. The first-order valence-corrected chi connectivity index (χ1v) is 5.62. The highest BCUT2D eigenvalue weighted by Gasteiger charge is 2.08. The second-order valence-electron chi connectivity index (χ2n) is 4.08. The number of rotatable bonds is 1. The van der Waals surface area contributed by atoms with Gasteiger partial charge < -0.3 is 5.21 Å². The van der Waals surface area contributed by atoms with Crippen LogP contribution in [0.2, 0.25) is 0 Å². The first kappa shape index (κ1) is 10.7. The number of benzene rings is 2. The lowest BCUT2D eigenvalue weighted by molar-refractivity contribution is -0.577. The van der Waals surface area contributed by atoms with E-state index in [0.717, 1.165) is 21.2 Å². The molecule has 0 saturated heterocycles. The molecular formula is C15H10FNO. The van der Waals surface area contributed by atoms with Crippen molar-refractivity contribution in [3.05, 3.63) is 71.8 Å². The van der Waals surface area contributed by atoms with Gasteiger partial charge in [0.2, 0.25) is 5.52 Å². The van der Waals surface area contributed by atoms with Gasteiger partial charge in [-0.05, 0) is 29.3 Å². The summed E-state index contributed by atoms with van der Waals surface area (Å²) in [6.07, 6.45) is 1.47. The van der Waals surface area contributed by atoms with Crippen LogP contribution in [0.15, 0.2) is 60.8 Å². The molecule has 0 amide bonds. The van der Waals surface area contributed by atoms with Gasteiger partial charge >= 0.3 is 0 Å². The zero-order valence-corrected chi connectivity index (χ0v) is 9.51. The molecule has 88 valence electrons. The molecule has 0 aliphatic carbocycles. The molecule has 3 heteroatoms. The molecule has 3 aromatic rings. The topological polar surface area (TPSA) is 26.9 Å². The fourth-order valence-corrected chi connectivity index (χ4v) is 2.10. The molecule has 18 heavy (non-hydrogen) atoms. The smallest absolute Gasteiger partial charge is 0.224 e. The van der Waals surface area contributed by atoms with Crippen molar-refractivity contribution in [2.75, 3.05) is 0 Å². The quantitative estimate of drug-likeness (QED) is 0.473. The third kappa shape index (κ3) is 1.70. The summed E-state index contributed by atoms with van der Waals surface area (Å²) in [7, 11) is 0. The molecule has 0 fully saturated rings. The lowest BCUT2D eigenvalue weighted by atomic mass is 10.0. The van der Waals surface area contributed by atoms with E-state index in [0.29, 0.717) is 5.52 Å². The van der Waals surface area contributed by atoms with Gasteiger partial charge in [0, 0.05) is 12.1 Å². The third-order valence-corrected chi connectivity index (χ3v) is 2.96. The molecule has 0 spiro atoms. The van der Waals surface area contributed by atoms with Crippen LogP contribution in [-0.4, -0.2) is 0 Å². The maximum absolute atomic E-state index is 12.9. The van der Waals surface area contributed by atoms with Crippen LogP contribution in [0.1, 0.15) is 0 Å². The minimum Gasteiger partial charge on any atom is -0.618 e. The van der Waals surface area contributed by atoms with E-state index in [1.165, 1.54) is 18.3 Å². The Labute approximate surface area is 104 Å². The number of aromatic nitrogens is 1. The molecule has 1 heterocycles. The van der Waals surface area contributed by atoms with Crippen molar-refractivity contribution < 1.29 is 9.12 Å². The Morgan fingerprint density at radius 3 is 2.44 bits per heavy atom. The highest BCUT2D eigenvalue weighted by Crippen LogP contribution is 2.26. The highest BCUT2D eigenvalue weighted by atomic mass is 19.1. The second-order valence-corrected chi connectivity index (χ2v) is 4.08. The first-order chi connectivity index (χ1) is 8.75. The van der Waals surface area contributed by atoms with Crippen molar-refractivity contribution in [2.45, 2.75) is 0 Å². The Morgan fingerprint density at radius 1 is 0.889 bits per heavy atom. The summed E-state index contributed by atoms with van der Waals surface area (Å²) in [5.74, 6) is -0.266. The van der Waals surface area contributed by atoms with Crippen molar-refractivity contribution >= 4 is 10.9 Å². The van der Waals surface area contributed by atoms with Crippen molar-refractivity contribution in [1.29, 1.82) is 0 Å². The summed E-state index contributed by atoms with van der Waals surface area (Å²) in [5, 5.41) is 12.5. The number of pyridine rings is 1. The standard InChI is InChI=1S/C15H10FNO/c16-12-8-6-11(7-9-12)13-3-1-5-15-14(13)4-2-10-17(15)18/h1-10H. The average molecular weight is 239 g/mol. The van der Waals surface area contributed by atoms with Crippen LogP contribution >= 0.6 is 0 Å². The Hall–Kier alpha value is -2.42. The Kier molecular flexibility index (Phi) is 2.45. The summed E-state index contributed by atoms with van der Waals surface area (Å²) in [5.41, 5.74) is 2.44. The number of fused-ring (bicyclic) bond motifs is 1. The summed E-state index contributed by atoms with van der Waals surface area (Å²) in [6.45, 7) is 0. The lowest BCUT2D eigenvalue weighted by Crippen LogP contribution is -2.25. The Morgan fingerprint density at radius 2 is 1.67 bits per heavy atom. The van der Waals surface area contributed by atoms with Gasteiger partial charge in [-0.1, -0.05) is 24.3 Å². The minimum absolute atomic E-state index is 0.266. The number of nitrogens with zero attached hydrogens (tertiary/aromatic N) is 1. The van der Waals surface area contributed by atoms with E-state index in [4.69, 9.17) is 0 Å². The van der Waals surface area contributed by atoms with Gasteiger partial charge in [0.1, 0.15) is 5.82 Å². The predicted octanol–water partition coefficient (Wildman–Crippen LogP) is 3.28. The summed E-state index contributed by atoms with van der Waals surface area (Å²) < 4.78 is 13.8. The van der Waals surface area contributed by atoms with Crippen LogP contribution in [0.25, 0.3) is 22.0 Å². The lowest BCUT2D eigenvalue weighted by Gasteiger charge is -2.06. The monoisotopic (exact) mass is 239 g/mol. The van der Waals surface area contributed by atoms with Crippen molar-refractivity contribution in [3.63, 3.8) is 0 Å². The van der Waals surface area contributed by atoms with E-state index in [1.54, 1.807) is 24.3 Å². The molecule has 0 radical (unpaired) electrons. The van der Waals surface area contributed by atoms with Crippen molar-refractivity contribution in [3.8, 4) is 11.1 Å². The maximum atomic E-state index is 12.9. The van der Waals surface area contributed by atoms with Crippen LogP contribution in [0.5, 0.6) is 0 Å². The Bertz CT molecular complexity index is 707. The molecule has 2 nitrogen and oxygen atoms in total. The van der Waals surface area contributed by atoms with Crippen LogP contribution in [-0.2, 0) is 0 Å². The molecule has 1 aromatic heterocycles. The molecule has 0 aliphatic rings. The van der Waals surface area contributed by atoms with Gasteiger partial charge in [-0.25, -0.2) is 4.39 Å². The van der Waals surface area contributed by atoms with E-state index >= 15 is 0 Å². The van der Waals surface area contributed by atoms with Gasteiger partial charge in [-0.3, -0.25) is 0 Å².